The molecule has 3 aromatic rings. The number of anilines is 1. The Kier molecular flexibility index (Phi) is 3.97. The molecule has 0 saturated heterocycles. The second-order valence-electron chi connectivity index (χ2n) is 4.54. The third-order valence-corrected chi connectivity index (χ3v) is 3.86. The Hall–Kier alpha value is -1.88. The number of hydrogen-bond acceptors (Lipinski definition) is 3. The minimum atomic E-state index is 0.873. The first-order chi connectivity index (χ1) is 9.84. The molecule has 0 aliphatic carbocycles. The molecule has 0 radical (unpaired) electrons. The lowest BCUT2D eigenvalue weighted by atomic mass is 10.1. The van der Waals surface area contributed by atoms with Gasteiger partial charge in [-0.1, -0.05) is 28.1 Å². The van der Waals surface area contributed by atoms with Gasteiger partial charge >= 0.3 is 0 Å². The fourth-order valence-corrected chi connectivity index (χ4v) is 2.69. The summed E-state index contributed by atoms with van der Waals surface area (Å²) in [4.78, 5) is 4.43. The first-order valence-corrected chi connectivity index (χ1v) is 7.38. The van der Waals surface area contributed by atoms with Gasteiger partial charge < -0.3 is 5.32 Å². The van der Waals surface area contributed by atoms with Crippen LogP contribution in [-0.4, -0.2) is 21.3 Å². The van der Waals surface area contributed by atoms with E-state index in [-0.39, 0.29) is 0 Å². The fourth-order valence-electron chi connectivity index (χ4n) is 2.19. The van der Waals surface area contributed by atoms with Crippen molar-refractivity contribution in [1.82, 2.24) is 14.8 Å². The van der Waals surface area contributed by atoms with E-state index >= 15 is 0 Å². The van der Waals surface area contributed by atoms with Gasteiger partial charge in [-0.3, -0.25) is 4.68 Å². The van der Waals surface area contributed by atoms with Gasteiger partial charge in [0.15, 0.2) is 0 Å². The molecule has 20 heavy (non-hydrogen) atoms. The van der Waals surface area contributed by atoms with E-state index in [1.165, 1.54) is 5.39 Å². The van der Waals surface area contributed by atoms with Gasteiger partial charge in [0, 0.05) is 46.9 Å². The van der Waals surface area contributed by atoms with Gasteiger partial charge in [0.25, 0.3) is 0 Å². The largest absolute Gasteiger partial charge is 0.369 e. The molecule has 0 amide bonds. The molecule has 3 rings (SSSR count). The summed E-state index contributed by atoms with van der Waals surface area (Å²) in [7, 11) is 0. The summed E-state index contributed by atoms with van der Waals surface area (Å²) >= 11 is 3.57. The molecule has 1 N–H and O–H groups in total. The molecule has 5 heteroatoms. The molecular weight excluding hydrogens is 316 g/mol. The topological polar surface area (TPSA) is 42.7 Å². The minimum Gasteiger partial charge on any atom is -0.369 e. The SMILES string of the molecule is Brc1cccc2c(NCCCn3cccn3)nccc12. The van der Waals surface area contributed by atoms with Crippen LogP contribution in [0.1, 0.15) is 6.42 Å². The Balaban J connectivity index is 1.67. The highest BCUT2D eigenvalue weighted by molar-refractivity contribution is 9.10. The van der Waals surface area contributed by atoms with Crippen molar-refractivity contribution in [2.75, 3.05) is 11.9 Å². The summed E-state index contributed by atoms with van der Waals surface area (Å²) < 4.78 is 3.03. The average Bonchev–Trinajstić information content (AvgIpc) is 2.98. The maximum Gasteiger partial charge on any atom is 0.133 e. The molecule has 0 aliphatic rings. The molecule has 0 saturated carbocycles. The van der Waals surface area contributed by atoms with Crippen molar-refractivity contribution in [1.29, 1.82) is 0 Å². The number of fused-ring (bicyclic) bond motifs is 1. The van der Waals surface area contributed by atoms with Crippen LogP contribution >= 0.6 is 15.9 Å². The minimum absolute atomic E-state index is 0.873. The molecule has 0 aliphatic heterocycles. The van der Waals surface area contributed by atoms with E-state index in [2.05, 4.69) is 37.4 Å². The average molecular weight is 331 g/mol. The summed E-state index contributed by atoms with van der Waals surface area (Å²) in [5.74, 6) is 0.935. The molecule has 0 bridgehead atoms. The Morgan fingerprint density at radius 1 is 1.10 bits per heavy atom. The van der Waals surface area contributed by atoms with Gasteiger partial charge in [-0.2, -0.15) is 5.10 Å². The Bertz CT molecular complexity index is 694. The van der Waals surface area contributed by atoms with Crippen LogP contribution in [0.15, 0.2) is 53.4 Å². The highest BCUT2D eigenvalue weighted by Gasteiger charge is 2.03. The molecule has 1 aromatic carbocycles. The molecular formula is C15H15BrN4. The standard InChI is InChI=1S/C15H15BrN4/c16-14-5-1-4-13-12(14)6-9-18-15(13)17-7-2-10-20-11-3-8-19-20/h1,3-6,8-9,11H,2,7,10H2,(H,17,18). The Morgan fingerprint density at radius 2 is 2.05 bits per heavy atom. The number of rotatable bonds is 5. The van der Waals surface area contributed by atoms with E-state index in [4.69, 9.17) is 0 Å². The van der Waals surface area contributed by atoms with Crippen molar-refractivity contribution >= 4 is 32.5 Å². The van der Waals surface area contributed by atoms with Crippen molar-refractivity contribution in [3.63, 3.8) is 0 Å². The van der Waals surface area contributed by atoms with Crippen LogP contribution in [0.25, 0.3) is 10.8 Å². The number of aromatic nitrogens is 3. The second-order valence-corrected chi connectivity index (χ2v) is 5.40. The first kappa shape index (κ1) is 13.1. The lowest BCUT2D eigenvalue weighted by molar-refractivity contribution is 0.591. The molecule has 0 atom stereocenters. The predicted octanol–water partition coefficient (Wildman–Crippen LogP) is 3.70. The molecule has 0 spiro atoms. The number of halogens is 1. The zero-order valence-corrected chi connectivity index (χ0v) is 12.5. The molecule has 102 valence electrons. The van der Waals surface area contributed by atoms with Crippen molar-refractivity contribution in [2.24, 2.45) is 0 Å². The number of benzene rings is 1. The summed E-state index contributed by atoms with van der Waals surface area (Å²) in [6.07, 6.45) is 6.63. The maximum atomic E-state index is 4.43. The van der Waals surface area contributed by atoms with Crippen LogP contribution < -0.4 is 5.32 Å². The third-order valence-electron chi connectivity index (χ3n) is 3.17. The van der Waals surface area contributed by atoms with Crippen molar-refractivity contribution < 1.29 is 0 Å². The molecule has 0 fully saturated rings. The summed E-state index contributed by atoms with van der Waals surface area (Å²) in [6, 6.07) is 10.1. The van der Waals surface area contributed by atoms with E-state index in [1.807, 2.05) is 41.3 Å². The highest BCUT2D eigenvalue weighted by atomic mass is 79.9. The molecule has 4 nitrogen and oxygen atoms in total. The number of nitrogens with one attached hydrogen (secondary N) is 1. The first-order valence-electron chi connectivity index (χ1n) is 6.59. The number of aryl methyl sites for hydroxylation is 1. The third kappa shape index (κ3) is 2.82. The fraction of sp³-hybridized carbons (Fsp3) is 0.200. The molecule has 2 heterocycles. The van der Waals surface area contributed by atoms with E-state index in [0.717, 1.165) is 35.2 Å². The molecule has 2 aromatic heterocycles. The predicted molar refractivity (Wildman–Crippen MR) is 84.8 cm³/mol. The maximum absolute atomic E-state index is 4.43. The summed E-state index contributed by atoms with van der Waals surface area (Å²) in [5, 5.41) is 9.91. The van der Waals surface area contributed by atoms with Gasteiger partial charge in [0.2, 0.25) is 0 Å². The number of nitrogens with zero attached hydrogens (tertiary/aromatic N) is 3. The number of hydrogen-bond donors (Lipinski definition) is 1. The summed E-state index contributed by atoms with van der Waals surface area (Å²) in [6.45, 7) is 1.78. The monoisotopic (exact) mass is 330 g/mol. The molecule has 0 unspecified atom stereocenters. The van der Waals surface area contributed by atoms with Gasteiger partial charge in [-0.25, -0.2) is 4.98 Å². The van der Waals surface area contributed by atoms with E-state index in [1.54, 1.807) is 6.20 Å². The summed E-state index contributed by atoms with van der Waals surface area (Å²) in [5.41, 5.74) is 0. The van der Waals surface area contributed by atoms with Crippen LogP contribution in [0.3, 0.4) is 0 Å². The van der Waals surface area contributed by atoms with Crippen LogP contribution in [0.2, 0.25) is 0 Å². The Labute approximate surface area is 126 Å². The van der Waals surface area contributed by atoms with Gasteiger partial charge in [-0.15, -0.1) is 0 Å². The van der Waals surface area contributed by atoms with E-state index < -0.39 is 0 Å². The van der Waals surface area contributed by atoms with E-state index in [0.29, 0.717) is 0 Å². The van der Waals surface area contributed by atoms with E-state index in [9.17, 15) is 0 Å². The van der Waals surface area contributed by atoms with Crippen molar-refractivity contribution in [3.8, 4) is 0 Å². The van der Waals surface area contributed by atoms with Gasteiger partial charge in [0.1, 0.15) is 5.82 Å². The zero-order valence-electron chi connectivity index (χ0n) is 11.0. The van der Waals surface area contributed by atoms with Gasteiger partial charge in [0.05, 0.1) is 0 Å². The van der Waals surface area contributed by atoms with Crippen LogP contribution in [0.4, 0.5) is 5.82 Å². The van der Waals surface area contributed by atoms with Crippen LogP contribution in [-0.2, 0) is 6.54 Å². The highest BCUT2D eigenvalue weighted by Crippen LogP contribution is 2.27. The lowest BCUT2D eigenvalue weighted by Crippen LogP contribution is -2.08. The normalized spacial score (nSPS) is 10.8. The quantitative estimate of drug-likeness (QED) is 0.725. The zero-order chi connectivity index (χ0) is 13.8. The van der Waals surface area contributed by atoms with Crippen LogP contribution in [0.5, 0.6) is 0 Å². The Morgan fingerprint density at radius 3 is 2.90 bits per heavy atom. The van der Waals surface area contributed by atoms with Crippen LogP contribution in [0, 0.1) is 0 Å². The lowest BCUT2D eigenvalue weighted by Gasteiger charge is -2.09. The van der Waals surface area contributed by atoms with Crippen molar-refractivity contribution in [2.45, 2.75) is 13.0 Å². The van der Waals surface area contributed by atoms with Gasteiger partial charge in [-0.05, 0) is 24.6 Å². The smallest absolute Gasteiger partial charge is 0.133 e. The number of pyridine rings is 1. The second kappa shape index (κ2) is 6.05. The van der Waals surface area contributed by atoms with Crippen molar-refractivity contribution in [3.05, 3.63) is 53.4 Å².